The highest BCUT2D eigenvalue weighted by molar-refractivity contribution is 5.99. The summed E-state index contributed by atoms with van der Waals surface area (Å²) in [6.07, 6.45) is -4.39. The smallest absolute Gasteiger partial charge is 0.346 e. The van der Waals surface area contributed by atoms with E-state index in [-0.39, 0.29) is 5.91 Å². The molecule has 1 amide bonds. The maximum absolute atomic E-state index is 13.1. The average Bonchev–Trinajstić information content (AvgIpc) is 3.17. The zero-order valence-electron chi connectivity index (χ0n) is 22.9. The van der Waals surface area contributed by atoms with Crippen LogP contribution in [0.5, 0.6) is 0 Å². The molecule has 0 saturated heterocycles. The minimum Gasteiger partial charge on any atom is -0.346 e. The van der Waals surface area contributed by atoms with Crippen LogP contribution >= 0.6 is 0 Å². The largest absolute Gasteiger partial charge is 0.416 e. The van der Waals surface area contributed by atoms with Gasteiger partial charge in [0.05, 0.1) is 11.6 Å². The summed E-state index contributed by atoms with van der Waals surface area (Å²) in [6.45, 7) is 8.73. The van der Waals surface area contributed by atoms with E-state index in [2.05, 4.69) is 73.1 Å². The van der Waals surface area contributed by atoms with Gasteiger partial charge in [-0.2, -0.15) is 13.2 Å². The van der Waals surface area contributed by atoms with E-state index >= 15 is 0 Å². The quantitative estimate of drug-likeness (QED) is 0.229. The van der Waals surface area contributed by atoms with Gasteiger partial charge >= 0.3 is 6.18 Å². The molecule has 0 spiro atoms. The highest BCUT2D eigenvalue weighted by atomic mass is 19.4. The summed E-state index contributed by atoms with van der Waals surface area (Å²) in [5.74, 6) is -0.272. The monoisotopic (exact) mass is 540 g/mol. The van der Waals surface area contributed by atoms with Crippen LogP contribution in [0.15, 0.2) is 91.0 Å². The predicted molar refractivity (Wildman–Crippen MR) is 154 cm³/mol. The number of rotatable bonds is 6. The van der Waals surface area contributed by atoms with Crippen LogP contribution in [0.2, 0.25) is 0 Å². The molecular weight excluding hydrogens is 509 g/mol. The second kappa shape index (κ2) is 10.7. The summed E-state index contributed by atoms with van der Waals surface area (Å²) < 4.78 is 40.9. The van der Waals surface area contributed by atoms with Crippen LogP contribution in [-0.4, -0.2) is 10.5 Å². The highest BCUT2D eigenvalue weighted by Crippen LogP contribution is 2.31. The Morgan fingerprint density at radius 3 is 2.20 bits per heavy atom. The van der Waals surface area contributed by atoms with Gasteiger partial charge < -0.3 is 9.88 Å². The third-order valence-corrected chi connectivity index (χ3v) is 7.74. The lowest BCUT2D eigenvalue weighted by atomic mass is 9.99. The fourth-order valence-electron chi connectivity index (χ4n) is 5.19. The topological polar surface area (TPSA) is 34.0 Å². The first kappa shape index (κ1) is 27.3. The first-order valence-corrected chi connectivity index (χ1v) is 13.3. The summed E-state index contributed by atoms with van der Waals surface area (Å²) >= 11 is 0. The number of fused-ring (bicyclic) bond motifs is 1. The summed E-state index contributed by atoms with van der Waals surface area (Å²) in [4.78, 5) is 13.1. The van der Waals surface area contributed by atoms with Gasteiger partial charge in [-0.3, -0.25) is 4.79 Å². The molecule has 1 atom stereocenters. The zero-order valence-corrected chi connectivity index (χ0v) is 22.9. The fraction of sp³-hybridized carbons (Fsp3) is 0.206. The van der Waals surface area contributed by atoms with Crippen molar-refractivity contribution in [2.24, 2.45) is 0 Å². The van der Waals surface area contributed by atoms with Gasteiger partial charge in [0, 0.05) is 28.7 Å². The first-order valence-electron chi connectivity index (χ1n) is 13.3. The molecule has 0 aliphatic rings. The van der Waals surface area contributed by atoms with Crippen molar-refractivity contribution in [1.29, 1.82) is 0 Å². The van der Waals surface area contributed by atoms with Crippen molar-refractivity contribution in [1.82, 2.24) is 9.88 Å². The number of aromatic nitrogens is 1. The summed E-state index contributed by atoms with van der Waals surface area (Å²) in [6, 6.07) is 27.1. The molecular formula is C34H31F3N2O. The van der Waals surface area contributed by atoms with E-state index in [0.29, 0.717) is 17.7 Å². The first-order chi connectivity index (χ1) is 19.0. The average molecular weight is 541 g/mol. The number of nitrogens with one attached hydrogen (secondary N) is 1. The van der Waals surface area contributed by atoms with Crippen LogP contribution in [0.25, 0.3) is 22.0 Å². The molecule has 3 nitrogen and oxygen atoms in total. The number of nitrogens with zero attached hydrogens (tertiary/aromatic N) is 1. The Morgan fingerprint density at radius 1 is 0.875 bits per heavy atom. The predicted octanol–water partition coefficient (Wildman–Crippen LogP) is 8.79. The number of halogens is 3. The molecule has 6 heteroatoms. The lowest BCUT2D eigenvalue weighted by molar-refractivity contribution is -0.137. The molecule has 1 heterocycles. The number of alkyl halides is 3. The Balaban J connectivity index is 1.34. The van der Waals surface area contributed by atoms with E-state index in [1.165, 1.54) is 34.4 Å². The second-order valence-corrected chi connectivity index (χ2v) is 10.4. The van der Waals surface area contributed by atoms with Gasteiger partial charge in [-0.05, 0) is 91.4 Å². The summed E-state index contributed by atoms with van der Waals surface area (Å²) in [7, 11) is 0. The van der Waals surface area contributed by atoms with Gasteiger partial charge in [-0.1, -0.05) is 60.7 Å². The maximum atomic E-state index is 13.1. The van der Waals surface area contributed by atoms with E-state index in [1.54, 1.807) is 13.0 Å². The Bertz CT molecular complexity index is 1680. The van der Waals surface area contributed by atoms with Crippen LogP contribution in [0, 0.1) is 20.8 Å². The van der Waals surface area contributed by atoms with E-state index in [1.807, 2.05) is 18.2 Å². The zero-order chi connectivity index (χ0) is 28.6. The van der Waals surface area contributed by atoms with E-state index in [9.17, 15) is 18.0 Å². The van der Waals surface area contributed by atoms with Crippen molar-refractivity contribution < 1.29 is 18.0 Å². The molecule has 1 unspecified atom stereocenters. The van der Waals surface area contributed by atoms with E-state index in [4.69, 9.17) is 0 Å². The second-order valence-electron chi connectivity index (χ2n) is 10.4. The Kier molecular flexibility index (Phi) is 7.28. The molecule has 204 valence electrons. The normalized spacial score (nSPS) is 12.5. The standard InChI is InChI=1S/C34H31F3N2O/c1-21-7-5-6-8-30(21)27-11-9-25(10-12-27)20-39-24(4)22(2)31-19-28(15-18-32(31)39)33(40)38-23(3)26-13-16-29(17-14-26)34(35,36)37/h5-19,23H,20H2,1-4H3,(H,38,40). The number of carbonyl (C=O) groups excluding carboxylic acids is 1. The lowest BCUT2D eigenvalue weighted by Crippen LogP contribution is -2.26. The van der Waals surface area contributed by atoms with Crippen LogP contribution < -0.4 is 5.32 Å². The number of amides is 1. The van der Waals surface area contributed by atoms with Crippen molar-refractivity contribution in [3.8, 4) is 11.1 Å². The molecule has 4 aromatic carbocycles. The molecule has 1 aromatic heterocycles. The van der Waals surface area contributed by atoms with Crippen molar-refractivity contribution >= 4 is 16.8 Å². The van der Waals surface area contributed by atoms with Crippen LogP contribution in [0.4, 0.5) is 13.2 Å². The van der Waals surface area contributed by atoms with E-state index in [0.717, 1.165) is 34.3 Å². The summed E-state index contributed by atoms with van der Waals surface area (Å²) in [5, 5.41) is 3.92. The molecule has 5 rings (SSSR count). The minimum atomic E-state index is -4.39. The van der Waals surface area contributed by atoms with Crippen LogP contribution in [0.1, 0.15) is 56.8 Å². The molecule has 0 aliphatic carbocycles. The third kappa shape index (κ3) is 5.39. The van der Waals surface area contributed by atoms with Gasteiger partial charge in [0.2, 0.25) is 0 Å². The maximum Gasteiger partial charge on any atom is 0.416 e. The Labute approximate surface area is 232 Å². The number of hydrogen-bond acceptors (Lipinski definition) is 1. The molecule has 0 fully saturated rings. The van der Waals surface area contributed by atoms with Gasteiger partial charge in [0.1, 0.15) is 0 Å². The van der Waals surface area contributed by atoms with Crippen molar-refractivity contribution in [2.75, 3.05) is 0 Å². The van der Waals surface area contributed by atoms with Crippen LogP contribution in [0.3, 0.4) is 0 Å². The van der Waals surface area contributed by atoms with Crippen molar-refractivity contribution in [3.63, 3.8) is 0 Å². The molecule has 1 N–H and O–H groups in total. The van der Waals surface area contributed by atoms with Gasteiger partial charge in [-0.15, -0.1) is 0 Å². The Morgan fingerprint density at radius 2 is 1.55 bits per heavy atom. The highest BCUT2D eigenvalue weighted by Gasteiger charge is 2.30. The molecule has 0 bridgehead atoms. The summed E-state index contributed by atoms with van der Waals surface area (Å²) in [5.41, 5.74) is 8.53. The SMILES string of the molecule is Cc1ccccc1-c1ccc(Cn2c(C)c(C)c3cc(C(=O)NC(C)c4ccc(C(F)(F)F)cc4)ccc32)cc1. The van der Waals surface area contributed by atoms with E-state index < -0.39 is 17.8 Å². The number of aryl methyl sites for hydroxylation is 2. The molecule has 0 saturated carbocycles. The molecule has 0 radical (unpaired) electrons. The molecule has 5 aromatic rings. The fourth-order valence-corrected chi connectivity index (χ4v) is 5.19. The lowest BCUT2D eigenvalue weighted by Gasteiger charge is -2.16. The van der Waals surface area contributed by atoms with Crippen molar-refractivity contribution in [2.45, 2.75) is 46.5 Å². The number of carbonyl (C=O) groups is 1. The molecule has 40 heavy (non-hydrogen) atoms. The molecule has 0 aliphatic heterocycles. The van der Waals surface area contributed by atoms with Gasteiger partial charge in [-0.25, -0.2) is 0 Å². The van der Waals surface area contributed by atoms with Gasteiger partial charge in [0.25, 0.3) is 5.91 Å². The third-order valence-electron chi connectivity index (χ3n) is 7.74. The van der Waals surface area contributed by atoms with Crippen molar-refractivity contribution in [3.05, 3.63) is 130 Å². The minimum absolute atomic E-state index is 0.272. The Hall–Kier alpha value is -4.32. The number of benzene rings is 4. The number of hydrogen-bond donors (Lipinski definition) is 1. The van der Waals surface area contributed by atoms with Crippen LogP contribution in [-0.2, 0) is 12.7 Å². The van der Waals surface area contributed by atoms with Gasteiger partial charge in [0.15, 0.2) is 0 Å².